The molecule has 0 aliphatic carbocycles. The van der Waals surface area contributed by atoms with Crippen LogP contribution in [0.5, 0.6) is 11.5 Å². The van der Waals surface area contributed by atoms with E-state index in [4.69, 9.17) is 9.47 Å². The third kappa shape index (κ3) is 4.60. The molecule has 0 spiro atoms. The van der Waals surface area contributed by atoms with Crippen LogP contribution in [0, 0.1) is 0 Å². The predicted octanol–water partition coefficient (Wildman–Crippen LogP) is 4.88. The number of aldehydes is 1. The van der Waals surface area contributed by atoms with E-state index in [2.05, 4.69) is 15.9 Å². The molecule has 2 aromatic carbocycles. The number of benzene rings is 2. The first-order valence-corrected chi connectivity index (χ1v) is 7.54. The molecular formula is C17H19BrO3. The van der Waals surface area contributed by atoms with Crippen molar-refractivity contribution in [3.63, 3.8) is 0 Å². The van der Waals surface area contributed by atoms with E-state index in [-0.39, 0.29) is 0 Å². The van der Waals surface area contributed by atoms with Crippen LogP contribution in [-0.2, 0) is 6.61 Å². The minimum atomic E-state index is 0.383. The summed E-state index contributed by atoms with van der Waals surface area (Å²) >= 11 is 3.33. The Morgan fingerprint density at radius 1 is 1.10 bits per heavy atom. The molecule has 0 unspecified atom stereocenters. The second-order valence-electron chi connectivity index (χ2n) is 3.88. The summed E-state index contributed by atoms with van der Waals surface area (Å²) in [6, 6.07) is 13.3. The lowest BCUT2D eigenvalue weighted by Crippen LogP contribution is -2.01. The molecule has 2 aromatic rings. The maximum absolute atomic E-state index is 11.2. The molecule has 0 amide bonds. The van der Waals surface area contributed by atoms with Crippen molar-refractivity contribution in [2.75, 3.05) is 7.11 Å². The molecule has 0 aliphatic heterocycles. The standard InChI is InChI=1S/C15H13BrO3.C2H6/c1-18-14-8-7-13(16)12(9-17)15(14)19-10-11-5-3-2-4-6-11;1-2/h2-9H,10H2,1H3;1-2H3. The van der Waals surface area contributed by atoms with Gasteiger partial charge < -0.3 is 9.47 Å². The van der Waals surface area contributed by atoms with Gasteiger partial charge in [0.2, 0.25) is 0 Å². The number of hydrogen-bond acceptors (Lipinski definition) is 3. The van der Waals surface area contributed by atoms with E-state index in [1.807, 2.05) is 44.2 Å². The first-order chi connectivity index (χ1) is 10.3. The van der Waals surface area contributed by atoms with Gasteiger partial charge in [-0.3, -0.25) is 4.79 Å². The summed E-state index contributed by atoms with van der Waals surface area (Å²) in [4.78, 5) is 11.2. The summed E-state index contributed by atoms with van der Waals surface area (Å²) < 4.78 is 11.6. The third-order valence-corrected chi connectivity index (χ3v) is 3.36. The largest absolute Gasteiger partial charge is 0.493 e. The maximum Gasteiger partial charge on any atom is 0.173 e. The van der Waals surface area contributed by atoms with Crippen molar-refractivity contribution in [3.05, 3.63) is 58.1 Å². The lowest BCUT2D eigenvalue weighted by molar-refractivity contribution is 0.111. The normalized spacial score (nSPS) is 9.33. The zero-order valence-corrected chi connectivity index (χ0v) is 14.0. The van der Waals surface area contributed by atoms with Crippen LogP contribution in [0.3, 0.4) is 0 Å². The van der Waals surface area contributed by atoms with E-state index in [1.165, 1.54) is 0 Å². The van der Waals surface area contributed by atoms with Gasteiger partial charge in [-0.25, -0.2) is 0 Å². The fourth-order valence-corrected chi connectivity index (χ4v) is 2.11. The van der Waals surface area contributed by atoms with Crippen molar-refractivity contribution in [2.24, 2.45) is 0 Å². The van der Waals surface area contributed by atoms with Gasteiger partial charge in [-0.05, 0) is 33.6 Å². The number of hydrogen-bond donors (Lipinski definition) is 0. The Labute approximate surface area is 134 Å². The van der Waals surface area contributed by atoms with Gasteiger partial charge in [0, 0.05) is 4.47 Å². The monoisotopic (exact) mass is 350 g/mol. The van der Waals surface area contributed by atoms with Gasteiger partial charge in [0.1, 0.15) is 6.61 Å². The van der Waals surface area contributed by atoms with Gasteiger partial charge in [0.25, 0.3) is 0 Å². The Hall–Kier alpha value is -1.81. The quantitative estimate of drug-likeness (QED) is 0.721. The number of ether oxygens (including phenoxy) is 2. The zero-order chi connectivity index (χ0) is 15.7. The van der Waals surface area contributed by atoms with Gasteiger partial charge in [-0.1, -0.05) is 44.2 Å². The molecule has 0 heterocycles. The summed E-state index contributed by atoms with van der Waals surface area (Å²) in [6.45, 7) is 4.38. The number of rotatable bonds is 5. The fraction of sp³-hybridized carbons (Fsp3) is 0.235. The molecule has 0 saturated carbocycles. The number of carbonyl (C=O) groups is 1. The molecule has 0 radical (unpaired) electrons. The second kappa shape index (κ2) is 9.19. The fourth-order valence-electron chi connectivity index (χ4n) is 1.70. The molecule has 112 valence electrons. The summed E-state index contributed by atoms with van der Waals surface area (Å²) in [6.07, 6.45) is 0.757. The minimum Gasteiger partial charge on any atom is -0.493 e. The highest BCUT2D eigenvalue weighted by Crippen LogP contribution is 2.35. The predicted molar refractivity (Wildman–Crippen MR) is 88.2 cm³/mol. The van der Waals surface area contributed by atoms with Gasteiger partial charge >= 0.3 is 0 Å². The van der Waals surface area contributed by atoms with E-state index in [0.29, 0.717) is 28.1 Å². The van der Waals surface area contributed by atoms with Crippen LogP contribution >= 0.6 is 15.9 Å². The van der Waals surface area contributed by atoms with Gasteiger partial charge in [-0.15, -0.1) is 0 Å². The van der Waals surface area contributed by atoms with Gasteiger partial charge in [0.15, 0.2) is 17.8 Å². The van der Waals surface area contributed by atoms with Crippen LogP contribution in [0.2, 0.25) is 0 Å². The number of carbonyl (C=O) groups excluding carboxylic acids is 1. The van der Waals surface area contributed by atoms with Crippen LogP contribution in [-0.4, -0.2) is 13.4 Å². The summed E-state index contributed by atoms with van der Waals surface area (Å²) in [5.74, 6) is 0.997. The summed E-state index contributed by atoms with van der Waals surface area (Å²) in [5.41, 5.74) is 1.48. The molecule has 2 rings (SSSR count). The van der Waals surface area contributed by atoms with Crippen molar-refractivity contribution in [1.82, 2.24) is 0 Å². The lowest BCUT2D eigenvalue weighted by Gasteiger charge is -2.13. The van der Waals surface area contributed by atoms with Crippen LogP contribution in [0.1, 0.15) is 29.8 Å². The van der Waals surface area contributed by atoms with Crippen LogP contribution in [0.4, 0.5) is 0 Å². The Morgan fingerprint density at radius 2 is 1.76 bits per heavy atom. The molecule has 0 atom stereocenters. The van der Waals surface area contributed by atoms with E-state index < -0.39 is 0 Å². The van der Waals surface area contributed by atoms with Crippen molar-refractivity contribution in [2.45, 2.75) is 20.5 Å². The molecule has 0 saturated heterocycles. The van der Waals surface area contributed by atoms with E-state index in [1.54, 1.807) is 19.2 Å². The molecule has 3 nitrogen and oxygen atoms in total. The highest BCUT2D eigenvalue weighted by atomic mass is 79.9. The second-order valence-corrected chi connectivity index (χ2v) is 4.74. The maximum atomic E-state index is 11.2. The van der Waals surface area contributed by atoms with Crippen molar-refractivity contribution in [3.8, 4) is 11.5 Å². The van der Waals surface area contributed by atoms with Crippen LogP contribution in [0.15, 0.2) is 46.9 Å². The van der Waals surface area contributed by atoms with Gasteiger partial charge in [-0.2, -0.15) is 0 Å². The number of methoxy groups -OCH3 is 1. The Balaban J connectivity index is 0.00000106. The van der Waals surface area contributed by atoms with Crippen molar-refractivity contribution >= 4 is 22.2 Å². The summed E-state index contributed by atoms with van der Waals surface area (Å²) in [5, 5.41) is 0. The molecule has 21 heavy (non-hydrogen) atoms. The third-order valence-electron chi connectivity index (χ3n) is 2.67. The van der Waals surface area contributed by atoms with Gasteiger partial charge in [0.05, 0.1) is 12.7 Å². The molecule has 4 heteroatoms. The highest BCUT2D eigenvalue weighted by Gasteiger charge is 2.14. The Kier molecular flexibility index (Phi) is 7.54. The SMILES string of the molecule is CC.COc1ccc(Br)c(C=O)c1OCc1ccccc1. The van der Waals surface area contributed by atoms with Crippen molar-refractivity contribution in [1.29, 1.82) is 0 Å². The van der Waals surface area contributed by atoms with Crippen LogP contribution < -0.4 is 9.47 Å². The van der Waals surface area contributed by atoms with Crippen LogP contribution in [0.25, 0.3) is 0 Å². The average Bonchev–Trinajstić information content (AvgIpc) is 2.55. The summed E-state index contributed by atoms with van der Waals surface area (Å²) in [7, 11) is 1.55. The molecule has 0 aliphatic rings. The van der Waals surface area contributed by atoms with E-state index >= 15 is 0 Å². The molecule has 0 fully saturated rings. The zero-order valence-electron chi connectivity index (χ0n) is 12.4. The van der Waals surface area contributed by atoms with Crippen molar-refractivity contribution < 1.29 is 14.3 Å². The highest BCUT2D eigenvalue weighted by molar-refractivity contribution is 9.10. The first-order valence-electron chi connectivity index (χ1n) is 6.74. The Morgan fingerprint density at radius 3 is 2.33 bits per heavy atom. The smallest absolute Gasteiger partial charge is 0.173 e. The average molecular weight is 351 g/mol. The topological polar surface area (TPSA) is 35.5 Å². The van der Waals surface area contributed by atoms with E-state index in [0.717, 1.165) is 11.8 Å². The molecule has 0 aromatic heterocycles. The first kappa shape index (κ1) is 17.2. The molecular weight excluding hydrogens is 332 g/mol. The Bertz CT molecular complexity index is 568. The lowest BCUT2D eigenvalue weighted by atomic mass is 10.2. The molecule has 0 bridgehead atoms. The minimum absolute atomic E-state index is 0.383. The van der Waals surface area contributed by atoms with E-state index in [9.17, 15) is 4.79 Å². The number of halogens is 1. The molecule has 0 N–H and O–H groups in total.